The van der Waals surface area contributed by atoms with Crippen molar-refractivity contribution in [2.24, 2.45) is 5.92 Å². The normalized spacial score (nSPS) is 14.0. The van der Waals surface area contributed by atoms with E-state index in [1.807, 2.05) is 6.92 Å². The summed E-state index contributed by atoms with van der Waals surface area (Å²) in [7, 11) is -0.392. The zero-order chi connectivity index (χ0) is 19.5. The second-order valence-electron chi connectivity index (χ2n) is 7.10. The molecule has 0 spiro atoms. The molecule has 1 atom stereocenters. The predicted molar refractivity (Wildman–Crippen MR) is 110 cm³/mol. The third kappa shape index (κ3) is 8.34. The van der Waals surface area contributed by atoms with Crippen molar-refractivity contribution in [3.63, 3.8) is 0 Å². The average molecular weight is 392 g/mol. The Hall–Kier alpha value is -0.216. The van der Waals surface area contributed by atoms with Crippen LogP contribution in [0.1, 0.15) is 41.0 Å². The lowest BCUT2D eigenvalue weighted by molar-refractivity contribution is -0.140. The molecular weight excluding hydrogens is 350 g/mol. The molecule has 0 heterocycles. The van der Waals surface area contributed by atoms with Gasteiger partial charge in [-0.15, -0.1) is 0 Å². The van der Waals surface area contributed by atoms with Gasteiger partial charge < -0.3 is 18.2 Å². The second kappa shape index (κ2) is 12.2. The van der Waals surface area contributed by atoms with Crippen molar-refractivity contribution in [1.82, 2.24) is 4.90 Å². The minimum absolute atomic E-state index is 0.0105. The largest absolute Gasteiger partial charge is 0.519 e. The van der Waals surface area contributed by atoms with Crippen molar-refractivity contribution >= 4 is 22.8 Å². The van der Waals surface area contributed by atoms with E-state index in [0.29, 0.717) is 0 Å². The Bertz CT molecular complexity index is 366. The van der Waals surface area contributed by atoms with Gasteiger partial charge in [-0.1, -0.05) is 34.6 Å². The summed E-state index contributed by atoms with van der Waals surface area (Å²) in [6, 6.07) is 3.99. The van der Waals surface area contributed by atoms with Gasteiger partial charge in [0.2, 0.25) is 0 Å². The molecule has 0 aromatic rings. The van der Waals surface area contributed by atoms with Gasteiger partial charge >= 0.3 is 8.56 Å². The van der Waals surface area contributed by atoms with Gasteiger partial charge in [0.05, 0.1) is 5.92 Å². The van der Waals surface area contributed by atoms with E-state index < -0.39 is 16.9 Å². The van der Waals surface area contributed by atoms with Gasteiger partial charge in [-0.2, -0.15) is 0 Å². The number of carbonyl (C=O) groups excluding carboxylic acids is 1. The maximum absolute atomic E-state index is 12.6. The molecular formula is C18H41NO4Si2. The van der Waals surface area contributed by atoms with E-state index in [-0.39, 0.29) is 11.9 Å². The van der Waals surface area contributed by atoms with Crippen LogP contribution < -0.4 is 0 Å². The van der Waals surface area contributed by atoms with Crippen LogP contribution in [-0.2, 0) is 18.1 Å². The maximum atomic E-state index is 12.6. The highest BCUT2D eigenvalue weighted by atomic mass is 28.4. The van der Waals surface area contributed by atoms with Crippen LogP contribution in [-0.4, -0.2) is 61.6 Å². The molecule has 0 saturated carbocycles. The summed E-state index contributed by atoms with van der Waals surface area (Å²) >= 11 is 0. The first-order valence-electron chi connectivity index (χ1n) is 9.80. The second-order valence-corrected chi connectivity index (χ2v) is 15.4. The molecule has 0 aliphatic heterocycles. The van der Waals surface area contributed by atoms with Gasteiger partial charge in [0.15, 0.2) is 0 Å². The SMILES string of the molecule is CCN(CCC[Si](C)(OC)OC)CC(C)C(=O)O[Si](CC)(CC)CC. The molecule has 0 saturated heterocycles. The highest BCUT2D eigenvalue weighted by molar-refractivity contribution is 6.74. The fourth-order valence-corrected chi connectivity index (χ4v) is 6.97. The van der Waals surface area contributed by atoms with Gasteiger partial charge in [-0.3, -0.25) is 4.79 Å². The Balaban J connectivity index is 4.53. The highest BCUT2D eigenvalue weighted by Crippen LogP contribution is 2.23. The van der Waals surface area contributed by atoms with Crippen LogP contribution in [0.3, 0.4) is 0 Å². The summed E-state index contributed by atoms with van der Waals surface area (Å²) in [6.07, 6.45) is 1.03. The monoisotopic (exact) mass is 391 g/mol. The van der Waals surface area contributed by atoms with Crippen LogP contribution in [0.15, 0.2) is 0 Å². The van der Waals surface area contributed by atoms with Crippen LogP contribution in [0.2, 0.25) is 30.7 Å². The zero-order valence-corrected chi connectivity index (χ0v) is 19.8. The Kier molecular flexibility index (Phi) is 12.1. The average Bonchev–Trinajstić information content (AvgIpc) is 2.64. The quantitative estimate of drug-likeness (QED) is 0.414. The van der Waals surface area contributed by atoms with Gasteiger partial charge in [-0.05, 0) is 50.2 Å². The molecule has 0 N–H and O–H groups in total. The summed E-state index contributed by atoms with van der Waals surface area (Å²) in [5.41, 5.74) is 0. The van der Waals surface area contributed by atoms with E-state index in [9.17, 15) is 4.79 Å². The molecule has 0 aromatic carbocycles. The van der Waals surface area contributed by atoms with Crippen molar-refractivity contribution < 1.29 is 18.1 Å². The predicted octanol–water partition coefficient (Wildman–Crippen LogP) is 4.25. The standard InChI is InChI=1S/C18H41NO4Si2/c1-9-19(14-13-15-24(8,21-6)22-7)16-17(5)18(20)23-25(10-2,11-3)12-4/h17H,9-16H2,1-8H3. The van der Waals surface area contributed by atoms with E-state index in [1.54, 1.807) is 14.2 Å². The molecule has 0 amide bonds. The summed E-state index contributed by atoms with van der Waals surface area (Å²) in [5.74, 6) is -0.0892. The lowest BCUT2D eigenvalue weighted by Crippen LogP contribution is -2.42. The van der Waals surface area contributed by atoms with Crippen molar-refractivity contribution in [2.75, 3.05) is 33.9 Å². The summed E-state index contributed by atoms with van der Waals surface area (Å²) in [6.45, 7) is 15.4. The number of hydrogen-bond donors (Lipinski definition) is 0. The molecule has 0 radical (unpaired) electrons. The highest BCUT2D eigenvalue weighted by Gasteiger charge is 2.34. The molecule has 0 fully saturated rings. The molecule has 5 nitrogen and oxygen atoms in total. The number of hydrogen-bond acceptors (Lipinski definition) is 5. The Morgan fingerprint density at radius 2 is 1.56 bits per heavy atom. The lowest BCUT2D eigenvalue weighted by atomic mass is 10.1. The fourth-order valence-electron chi connectivity index (χ4n) is 3.03. The molecule has 0 aliphatic rings. The first-order valence-corrected chi connectivity index (χ1v) is 14.9. The Morgan fingerprint density at radius 3 is 1.96 bits per heavy atom. The third-order valence-electron chi connectivity index (χ3n) is 5.60. The minimum atomic E-state index is -2.00. The first kappa shape index (κ1) is 24.8. The third-order valence-corrected chi connectivity index (χ3v) is 13.1. The number of nitrogens with zero attached hydrogens (tertiary/aromatic N) is 1. The Labute approximate surface area is 157 Å². The van der Waals surface area contributed by atoms with Gasteiger partial charge in [0.1, 0.15) is 0 Å². The molecule has 25 heavy (non-hydrogen) atoms. The topological polar surface area (TPSA) is 48.0 Å². The summed E-state index contributed by atoms with van der Waals surface area (Å²) in [4.78, 5) is 14.9. The van der Waals surface area contributed by atoms with E-state index in [4.69, 9.17) is 13.3 Å². The van der Waals surface area contributed by atoms with E-state index in [2.05, 4.69) is 39.1 Å². The molecule has 0 bridgehead atoms. The van der Waals surface area contributed by atoms with Crippen LogP contribution in [0.5, 0.6) is 0 Å². The van der Waals surface area contributed by atoms with Crippen molar-refractivity contribution in [2.45, 2.75) is 71.8 Å². The smallest absolute Gasteiger partial charge is 0.334 e. The lowest BCUT2D eigenvalue weighted by Gasteiger charge is -2.31. The number of rotatable bonds is 14. The zero-order valence-electron chi connectivity index (χ0n) is 17.8. The van der Waals surface area contributed by atoms with Crippen molar-refractivity contribution in [3.8, 4) is 0 Å². The van der Waals surface area contributed by atoms with E-state index in [0.717, 1.165) is 50.2 Å². The van der Waals surface area contributed by atoms with E-state index >= 15 is 0 Å². The van der Waals surface area contributed by atoms with Crippen LogP contribution in [0, 0.1) is 5.92 Å². The molecule has 7 heteroatoms. The minimum Gasteiger partial charge on any atom is -0.519 e. The molecule has 0 aliphatic carbocycles. The van der Waals surface area contributed by atoms with Gasteiger partial charge in [0.25, 0.3) is 14.3 Å². The maximum Gasteiger partial charge on any atom is 0.334 e. The Morgan fingerprint density at radius 1 is 1.04 bits per heavy atom. The summed E-state index contributed by atoms with van der Waals surface area (Å²) < 4.78 is 17.1. The number of carbonyl (C=O) groups is 1. The molecule has 150 valence electrons. The fraction of sp³-hybridized carbons (Fsp3) is 0.944. The van der Waals surface area contributed by atoms with Crippen LogP contribution >= 0.6 is 0 Å². The summed E-state index contributed by atoms with van der Waals surface area (Å²) in [5, 5.41) is 0. The van der Waals surface area contributed by atoms with Crippen LogP contribution in [0.25, 0.3) is 0 Å². The molecule has 0 aromatic heterocycles. The van der Waals surface area contributed by atoms with Gasteiger partial charge in [-0.25, -0.2) is 0 Å². The first-order chi connectivity index (χ1) is 11.7. The van der Waals surface area contributed by atoms with Crippen LogP contribution in [0.4, 0.5) is 0 Å². The van der Waals surface area contributed by atoms with Gasteiger partial charge in [0, 0.05) is 20.8 Å². The van der Waals surface area contributed by atoms with E-state index in [1.165, 1.54) is 0 Å². The molecule has 0 rings (SSSR count). The van der Waals surface area contributed by atoms with Crippen molar-refractivity contribution in [3.05, 3.63) is 0 Å². The molecule has 1 unspecified atom stereocenters. The van der Waals surface area contributed by atoms with Crippen molar-refractivity contribution in [1.29, 1.82) is 0 Å².